The van der Waals surface area contributed by atoms with Crippen LogP contribution in [0.1, 0.15) is 32.8 Å². The Morgan fingerprint density at radius 2 is 1.67 bits per heavy atom. The zero-order valence-corrected chi connectivity index (χ0v) is 12.8. The average molecular weight is 292 g/mol. The fourth-order valence-corrected chi connectivity index (χ4v) is 1.69. The molecule has 1 aromatic rings. The topological polar surface area (TPSA) is 78.4 Å². The van der Waals surface area contributed by atoms with Crippen molar-refractivity contribution < 1.29 is 14.7 Å². The van der Waals surface area contributed by atoms with E-state index in [0.29, 0.717) is 13.0 Å². The van der Waals surface area contributed by atoms with Crippen LogP contribution in [-0.2, 0) is 16.1 Å². The highest BCUT2D eigenvalue weighted by molar-refractivity contribution is 6.35. The van der Waals surface area contributed by atoms with Gasteiger partial charge in [-0.3, -0.25) is 9.59 Å². The molecule has 1 aromatic carbocycles. The van der Waals surface area contributed by atoms with Crippen molar-refractivity contribution in [3.63, 3.8) is 0 Å². The summed E-state index contributed by atoms with van der Waals surface area (Å²) < 4.78 is 0. The Kier molecular flexibility index (Phi) is 6.37. The van der Waals surface area contributed by atoms with Gasteiger partial charge in [-0.2, -0.15) is 0 Å². The highest BCUT2D eigenvalue weighted by Crippen LogP contribution is 2.20. The first-order valence-electron chi connectivity index (χ1n) is 7.08. The van der Waals surface area contributed by atoms with Gasteiger partial charge in [0.05, 0.1) is 6.10 Å². The summed E-state index contributed by atoms with van der Waals surface area (Å²) in [7, 11) is 0. The molecule has 0 aliphatic rings. The lowest BCUT2D eigenvalue weighted by atomic mass is 9.87. The Morgan fingerprint density at radius 3 is 2.24 bits per heavy atom. The minimum atomic E-state index is -0.674. The highest BCUT2D eigenvalue weighted by Gasteiger charge is 2.22. The number of benzene rings is 1. The zero-order chi connectivity index (χ0) is 15.9. The van der Waals surface area contributed by atoms with Crippen LogP contribution in [0.15, 0.2) is 30.3 Å². The normalized spacial score (nSPS) is 12.6. The molecule has 0 fully saturated rings. The molecule has 0 heterocycles. The molecule has 116 valence electrons. The van der Waals surface area contributed by atoms with Gasteiger partial charge in [-0.25, -0.2) is 0 Å². The van der Waals surface area contributed by atoms with Crippen molar-refractivity contribution in [3.05, 3.63) is 35.9 Å². The number of amides is 2. The van der Waals surface area contributed by atoms with E-state index < -0.39 is 17.9 Å². The smallest absolute Gasteiger partial charge is 0.309 e. The van der Waals surface area contributed by atoms with Crippen molar-refractivity contribution in [2.24, 2.45) is 5.41 Å². The minimum absolute atomic E-state index is 0.236. The van der Waals surface area contributed by atoms with Crippen LogP contribution in [0.3, 0.4) is 0 Å². The SMILES string of the molecule is CC(C)(C)C(O)CCNC(=O)C(=O)NCc1ccccc1. The van der Waals surface area contributed by atoms with E-state index in [9.17, 15) is 14.7 Å². The molecule has 5 heteroatoms. The molecule has 0 bridgehead atoms. The Labute approximate surface area is 125 Å². The summed E-state index contributed by atoms with van der Waals surface area (Å²) in [5, 5.41) is 14.9. The predicted octanol–water partition coefficient (Wildman–Crippen LogP) is 1.22. The molecule has 1 unspecified atom stereocenters. The van der Waals surface area contributed by atoms with Gasteiger partial charge in [0.25, 0.3) is 0 Å². The van der Waals surface area contributed by atoms with Gasteiger partial charge < -0.3 is 15.7 Å². The van der Waals surface area contributed by atoms with Crippen molar-refractivity contribution in [1.82, 2.24) is 10.6 Å². The number of hydrogen-bond donors (Lipinski definition) is 3. The second-order valence-corrected chi connectivity index (χ2v) is 6.09. The Hall–Kier alpha value is -1.88. The van der Waals surface area contributed by atoms with Crippen LogP contribution < -0.4 is 10.6 Å². The molecule has 21 heavy (non-hydrogen) atoms. The molecule has 0 saturated carbocycles. The van der Waals surface area contributed by atoms with Gasteiger partial charge in [0.1, 0.15) is 0 Å². The van der Waals surface area contributed by atoms with Crippen LogP contribution in [0.5, 0.6) is 0 Å². The third kappa shape index (κ3) is 6.40. The van der Waals surface area contributed by atoms with E-state index in [1.807, 2.05) is 51.1 Å². The first-order chi connectivity index (χ1) is 9.80. The van der Waals surface area contributed by atoms with Gasteiger partial charge in [0, 0.05) is 13.1 Å². The fourth-order valence-electron chi connectivity index (χ4n) is 1.69. The van der Waals surface area contributed by atoms with Gasteiger partial charge in [0.2, 0.25) is 0 Å². The number of aliphatic hydroxyl groups is 1. The molecule has 0 saturated heterocycles. The number of aliphatic hydroxyl groups excluding tert-OH is 1. The van der Waals surface area contributed by atoms with Crippen LogP contribution in [-0.4, -0.2) is 29.6 Å². The van der Waals surface area contributed by atoms with Gasteiger partial charge in [0.15, 0.2) is 0 Å². The summed E-state index contributed by atoms with van der Waals surface area (Å²) in [4.78, 5) is 23.2. The minimum Gasteiger partial charge on any atom is -0.393 e. The maximum Gasteiger partial charge on any atom is 0.309 e. The van der Waals surface area contributed by atoms with E-state index in [1.165, 1.54) is 0 Å². The third-order valence-electron chi connectivity index (χ3n) is 3.21. The number of hydrogen-bond acceptors (Lipinski definition) is 3. The van der Waals surface area contributed by atoms with Crippen molar-refractivity contribution in [2.45, 2.75) is 39.8 Å². The van der Waals surface area contributed by atoms with Crippen LogP contribution in [0.4, 0.5) is 0 Å². The van der Waals surface area contributed by atoms with E-state index in [1.54, 1.807) is 0 Å². The molecule has 0 aromatic heterocycles. The van der Waals surface area contributed by atoms with Crippen LogP contribution in [0.25, 0.3) is 0 Å². The van der Waals surface area contributed by atoms with Gasteiger partial charge in [-0.1, -0.05) is 51.1 Å². The van der Waals surface area contributed by atoms with Crippen molar-refractivity contribution in [3.8, 4) is 0 Å². The molecule has 0 aliphatic carbocycles. The number of carbonyl (C=O) groups excluding carboxylic acids is 2. The summed E-state index contributed by atoms with van der Waals surface area (Å²) in [5.41, 5.74) is 0.696. The van der Waals surface area contributed by atoms with Crippen molar-refractivity contribution in [2.75, 3.05) is 6.54 Å². The lowest BCUT2D eigenvalue weighted by Crippen LogP contribution is -2.41. The van der Waals surface area contributed by atoms with E-state index in [-0.39, 0.29) is 12.0 Å². The number of carbonyl (C=O) groups is 2. The standard InChI is InChI=1S/C16H24N2O3/c1-16(2,3)13(19)9-10-17-14(20)15(21)18-11-12-7-5-4-6-8-12/h4-8,13,19H,9-11H2,1-3H3,(H,17,20)(H,18,21). The second kappa shape index (κ2) is 7.78. The summed E-state index contributed by atoms with van der Waals surface area (Å²) in [5.74, 6) is -1.34. The van der Waals surface area contributed by atoms with Crippen LogP contribution in [0, 0.1) is 5.41 Å². The highest BCUT2D eigenvalue weighted by atomic mass is 16.3. The van der Waals surface area contributed by atoms with E-state index in [2.05, 4.69) is 10.6 Å². The molecular weight excluding hydrogens is 268 g/mol. The zero-order valence-electron chi connectivity index (χ0n) is 12.8. The van der Waals surface area contributed by atoms with Gasteiger partial charge >= 0.3 is 11.8 Å². The fraction of sp³-hybridized carbons (Fsp3) is 0.500. The van der Waals surface area contributed by atoms with E-state index >= 15 is 0 Å². The number of rotatable bonds is 5. The largest absolute Gasteiger partial charge is 0.393 e. The van der Waals surface area contributed by atoms with Gasteiger partial charge in [-0.05, 0) is 17.4 Å². The molecule has 0 spiro atoms. The van der Waals surface area contributed by atoms with Crippen LogP contribution in [0.2, 0.25) is 0 Å². The monoisotopic (exact) mass is 292 g/mol. The third-order valence-corrected chi connectivity index (χ3v) is 3.21. The molecular formula is C16H24N2O3. The maximum atomic E-state index is 11.6. The first kappa shape index (κ1) is 17.2. The number of nitrogens with one attached hydrogen (secondary N) is 2. The summed E-state index contributed by atoms with van der Waals surface area (Å²) in [6.45, 7) is 6.36. The second-order valence-electron chi connectivity index (χ2n) is 6.09. The van der Waals surface area contributed by atoms with E-state index in [4.69, 9.17) is 0 Å². The molecule has 1 atom stereocenters. The van der Waals surface area contributed by atoms with Crippen molar-refractivity contribution in [1.29, 1.82) is 0 Å². The van der Waals surface area contributed by atoms with Gasteiger partial charge in [-0.15, -0.1) is 0 Å². The van der Waals surface area contributed by atoms with E-state index in [0.717, 1.165) is 5.56 Å². The Bertz CT molecular complexity index is 466. The first-order valence-corrected chi connectivity index (χ1v) is 7.08. The molecule has 3 N–H and O–H groups in total. The molecule has 0 aliphatic heterocycles. The summed E-state index contributed by atoms with van der Waals surface area (Å²) >= 11 is 0. The molecule has 0 radical (unpaired) electrons. The van der Waals surface area contributed by atoms with Crippen LogP contribution >= 0.6 is 0 Å². The lowest BCUT2D eigenvalue weighted by Gasteiger charge is -2.25. The molecule has 2 amide bonds. The predicted molar refractivity (Wildman–Crippen MR) is 81.4 cm³/mol. The maximum absolute atomic E-state index is 11.6. The summed E-state index contributed by atoms with van der Waals surface area (Å²) in [6.07, 6.45) is -0.105. The molecule has 5 nitrogen and oxygen atoms in total. The molecule has 1 rings (SSSR count). The van der Waals surface area contributed by atoms with Crippen molar-refractivity contribution >= 4 is 11.8 Å². The lowest BCUT2D eigenvalue weighted by molar-refractivity contribution is -0.139. The average Bonchev–Trinajstić information content (AvgIpc) is 2.44. The Morgan fingerprint density at radius 1 is 1.10 bits per heavy atom. The Balaban J connectivity index is 2.27. The summed E-state index contributed by atoms with van der Waals surface area (Å²) in [6, 6.07) is 9.37. The quantitative estimate of drug-likeness (QED) is 0.714.